The zero-order valence-electron chi connectivity index (χ0n) is 16.2. The van der Waals surface area contributed by atoms with E-state index in [1.807, 2.05) is 47.4 Å². The molecule has 1 aliphatic rings. The monoisotopic (exact) mass is 381 g/mol. The van der Waals surface area contributed by atoms with Crippen LogP contribution in [0.25, 0.3) is 10.8 Å². The Bertz CT molecular complexity index is 860. The van der Waals surface area contributed by atoms with E-state index in [1.165, 1.54) is 0 Å². The second kappa shape index (κ2) is 9.35. The number of fused-ring (bicyclic) bond motifs is 1. The van der Waals surface area contributed by atoms with Crippen molar-refractivity contribution in [3.8, 4) is 0 Å². The van der Waals surface area contributed by atoms with Crippen LogP contribution in [0.2, 0.25) is 0 Å². The molecule has 0 aromatic heterocycles. The summed E-state index contributed by atoms with van der Waals surface area (Å²) in [7, 11) is 0. The molecule has 0 spiro atoms. The van der Waals surface area contributed by atoms with Crippen LogP contribution in [-0.2, 0) is 20.8 Å². The molecule has 0 aliphatic carbocycles. The first-order chi connectivity index (χ1) is 13.5. The summed E-state index contributed by atoms with van der Waals surface area (Å²) in [5.41, 5.74) is 0.943. The van der Waals surface area contributed by atoms with Crippen LogP contribution in [0.4, 0.5) is 0 Å². The van der Waals surface area contributed by atoms with E-state index in [0.717, 1.165) is 29.3 Å². The summed E-state index contributed by atoms with van der Waals surface area (Å²) in [5.74, 6) is -0.193. The second-order valence-corrected chi connectivity index (χ2v) is 7.23. The molecule has 148 valence electrons. The molecule has 0 unspecified atom stereocenters. The van der Waals surface area contributed by atoms with Crippen molar-refractivity contribution >= 4 is 28.5 Å². The topological polar surface area (TPSA) is 78.5 Å². The largest absolute Gasteiger partial charge is 0.354 e. The van der Waals surface area contributed by atoms with Gasteiger partial charge in [0.05, 0.1) is 6.42 Å². The summed E-state index contributed by atoms with van der Waals surface area (Å²) >= 11 is 0. The third kappa shape index (κ3) is 5.09. The summed E-state index contributed by atoms with van der Waals surface area (Å²) in [6, 6.07) is 13.2. The molecule has 0 bridgehead atoms. The van der Waals surface area contributed by atoms with Crippen molar-refractivity contribution < 1.29 is 14.4 Å². The first kappa shape index (κ1) is 19.9. The van der Waals surface area contributed by atoms with Gasteiger partial charge < -0.3 is 15.5 Å². The summed E-state index contributed by atoms with van der Waals surface area (Å²) in [6.45, 7) is 3.65. The van der Waals surface area contributed by atoms with Gasteiger partial charge in [0.25, 0.3) is 0 Å². The summed E-state index contributed by atoms with van der Waals surface area (Å²) in [5, 5.41) is 7.74. The van der Waals surface area contributed by atoms with Crippen molar-refractivity contribution in [2.75, 3.05) is 19.6 Å². The molecule has 3 amide bonds. The van der Waals surface area contributed by atoms with Gasteiger partial charge in [0, 0.05) is 26.1 Å². The molecular formula is C22H27N3O3. The van der Waals surface area contributed by atoms with Gasteiger partial charge in [0.1, 0.15) is 6.04 Å². The number of nitrogens with one attached hydrogen (secondary N) is 2. The van der Waals surface area contributed by atoms with Crippen LogP contribution in [0, 0.1) is 0 Å². The Labute approximate surface area is 165 Å². The Morgan fingerprint density at radius 3 is 2.71 bits per heavy atom. The fourth-order valence-electron chi connectivity index (χ4n) is 3.55. The van der Waals surface area contributed by atoms with Crippen LogP contribution >= 0.6 is 0 Å². The molecule has 2 aromatic rings. The number of likely N-dealkylation sites (tertiary alicyclic amines) is 1. The Morgan fingerprint density at radius 2 is 1.93 bits per heavy atom. The number of carbonyl (C=O) groups is 3. The summed E-state index contributed by atoms with van der Waals surface area (Å²) < 4.78 is 0. The smallest absolute Gasteiger partial charge is 0.242 e. The molecule has 1 fully saturated rings. The molecule has 1 aliphatic heterocycles. The van der Waals surface area contributed by atoms with E-state index in [0.29, 0.717) is 25.9 Å². The molecule has 1 heterocycles. The van der Waals surface area contributed by atoms with Crippen LogP contribution in [0.3, 0.4) is 0 Å². The molecule has 0 radical (unpaired) electrons. The number of hydrogen-bond acceptors (Lipinski definition) is 3. The van der Waals surface area contributed by atoms with Crippen LogP contribution in [-0.4, -0.2) is 48.3 Å². The van der Waals surface area contributed by atoms with E-state index in [-0.39, 0.29) is 24.1 Å². The Hall–Kier alpha value is -2.89. The zero-order valence-corrected chi connectivity index (χ0v) is 16.2. The number of amides is 3. The highest BCUT2D eigenvalue weighted by Gasteiger charge is 2.20. The predicted molar refractivity (Wildman–Crippen MR) is 109 cm³/mol. The maximum absolute atomic E-state index is 12.4. The lowest BCUT2D eigenvalue weighted by Crippen LogP contribution is -2.45. The number of hydrogen-bond donors (Lipinski definition) is 2. The van der Waals surface area contributed by atoms with E-state index in [1.54, 1.807) is 6.92 Å². The van der Waals surface area contributed by atoms with Crippen LogP contribution in [0.1, 0.15) is 31.7 Å². The minimum Gasteiger partial charge on any atom is -0.354 e. The third-order valence-electron chi connectivity index (χ3n) is 5.08. The van der Waals surface area contributed by atoms with Crippen LogP contribution < -0.4 is 10.6 Å². The summed E-state index contributed by atoms with van der Waals surface area (Å²) in [4.78, 5) is 38.0. The number of benzene rings is 2. The lowest BCUT2D eigenvalue weighted by atomic mass is 10.0. The molecule has 1 saturated heterocycles. The molecule has 3 rings (SSSR count). The first-order valence-electron chi connectivity index (χ1n) is 9.86. The van der Waals surface area contributed by atoms with Crippen molar-refractivity contribution in [2.24, 2.45) is 0 Å². The molecule has 2 aromatic carbocycles. The molecule has 2 N–H and O–H groups in total. The zero-order chi connectivity index (χ0) is 19.9. The lowest BCUT2D eigenvalue weighted by Gasteiger charge is -2.17. The fourth-order valence-corrected chi connectivity index (χ4v) is 3.55. The summed E-state index contributed by atoms with van der Waals surface area (Å²) in [6.07, 6.45) is 2.50. The van der Waals surface area contributed by atoms with Gasteiger partial charge in [-0.15, -0.1) is 0 Å². The van der Waals surface area contributed by atoms with E-state index < -0.39 is 6.04 Å². The predicted octanol–water partition coefficient (Wildman–Crippen LogP) is 2.02. The number of carbonyl (C=O) groups excluding carboxylic acids is 3. The lowest BCUT2D eigenvalue weighted by molar-refractivity contribution is -0.128. The van der Waals surface area contributed by atoms with E-state index in [2.05, 4.69) is 10.6 Å². The average molecular weight is 381 g/mol. The first-order valence-corrected chi connectivity index (χ1v) is 9.86. The minimum absolute atomic E-state index is 0.179. The van der Waals surface area contributed by atoms with Gasteiger partial charge in [-0.2, -0.15) is 0 Å². The number of rotatable bonds is 8. The van der Waals surface area contributed by atoms with E-state index >= 15 is 0 Å². The van der Waals surface area contributed by atoms with Crippen molar-refractivity contribution in [2.45, 2.75) is 38.6 Å². The van der Waals surface area contributed by atoms with Crippen molar-refractivity contribution in [1.29, 1.82) is 0 Å². The molecule has 1 atom stereocenters. The fraction of sp³-hybridized carbons (Fsp3) is 0.409. The molecular weight excluding hydrogens is 354 g/mol. The minimum atomic E-state index is -0.601. The van der Waals surface area contributed by atoms with Crippen molar-refractivity contribution in [3.05, 3.63) is 48.0 Å². The van der Waals surface area contributed by atoms with Gasteiger partial charge in [-0.3, -0.25) is 14.4 Å². The Morgan fingerprint density at radius 1 is 1.14 bits per heavy atom. The quantitative estimate of drug-likeness (QED) is 0.687. The molecule has 6 nitrogen and oxygen atoms in total. The van der Waals surface area contributed by atoms with Gasteiger partial charge in [-0.1, -0.05) is 42.5 Å². The highest BCUT2D eigenvalue weighted by molar-refractivity contribution is 5.92. The maximum Gasteiger partial charge on any atom is 0.242 e. The van der Waals surface area contributed by atoms with Gasteiger partial charge >= 0.3 is 0 Å². The van der Waals surface area contributed by atoms with Gasteiger partial charge in [0.2, 0.25) is 17.7 Å². The number of nitrogens with zero attached hydrogens (tertiary/aromatic N) is 1. The Kier molecular flexibility index (Phi) is 6.63. The second-order valence-electron chi connectivity index (χ2n) is 7.23. The average Bonchev–Trinajstić information content (AvgIpc) is 3.10. The standard InChI is InChI=1S/C22H27N3O3/c1-16(22(28)23-12-6-14-25-13-5-11-21(25)27)24-20(26)15-18-9-4-8-17-7-2-3-10-19(17)18/h2-4,7-10,16H,5-6,11-15H2,1H3,(H,23,28)(H,24,26)/t16-/m1/s1. The Balaban J connectivity index is 1.43. The van der Waals surface area contributed by atoms with Crippen molar-refractivity contribution in [3.63, 3.8) is 0 Å². The van der Waals surface area contributed by atoms with Crippen LogP contribution in [0.15, 0.2) is 42.5 Å². The van der Waals surface area contributed by atoms with E-state index in [4.69, 9.17) is 0 Å². The van der Waals surface area contributed by atoms with Gasteiger partial charge in [0.15, 0.2) is 0 Å². The van der Waals surface area contributed by atoms with E-state index in [9.17, 15) is 14.4 Å². The maximum atomic E-state index is 12.4. The highest BCUT2D eigenvalue weighted by atomic mass is 16.2. The van der Waals surface area contributed by atoms with Gasteiger partial charge in [-0.25, -0.2) is 0 Å². The molecule has 6 heteroatoms. The SMILES string of the molecule is C[C@@H](NC(=O)Cc1cccc2ccccc12)C(=O)NCCCN1CCCC1=O. The highest BCUT2D eigenvalue weighted by Crippen LogP contribution is 2.18. The molecule has 28 heavy (non-hydrogen) atoms. The van der Waals surface area contributed by atoms with Crippen molar-refractivity contribution in [1.82, 2.24) is 15.5 Å². The normalized spacial score (nSPS) is 14.9. The molecule has 0 saturated carbocycles. The third-order valence-corrected chi connectivity index (χ3v) is 5.08. The van der Waals surface area contributed by atoms with Gasteiger partial charge in [-0.05, 0) is 36.1 Å². The van der Waals surface area contributed by atoms with Crippen LogP contribution in [0.5, 0.6) is 0 Å².